The summed E-state index contributed by atoms with van der Waals surface area (Å²) < 4.78 is 0. The van der Waals surface area contributed by atoms with Crippen molar-refractivity contribution in [2.24, 2.45) is 0 Å². The third-order valence-corrected chi connectivity index (χ3v) is 1.89. The number of hydrogen-bond donors (Lipinski definition) is 1. The van der Waals surface area contributed by atoms with Crippen molar-refractivity contribution in [2.75, 3.05) is 21.1 Å². The molecule has 1 aromatic rings. The first-order valence-corrected chi connectivity index (χ1v) is 5.03. The van der Waals surface area contributed by atoms with Gasteiger partial charge >= 0.3 is 0 Å². The van der Waals surface area contributed by atoms with Crippen LogP contribution in [0.4, 0.5) is 0 Å². The van der Waals surface area contributed by atoms with Crippen LogP contribution in [0.1, 0.15) is 10.4 Å². The lowest BCUT2D eigenvalue weighted by Gasteiger charge is -2.02. The Morgan fingerprint density at radius 2 is 1.67 bits per heavy atom. The van der Waals surface area contributed by atoms with E-state index in [0.717, 1.165) is 0 Å². The molecule has 0 aliphatic heterocycles. The van der Waals surface area contributed by atoms with Gasteiger partial charge in [0, 0.05) is 0 Å². The zero-order valence-corrected chi connectivity index (χ0v) is 10.3. The number of carbonyl (C=O) groups is 1. The fraction of sp³-hybridized carbons (Fsp3) is 0.300. The van der Waals surface area contributed by atoms with E-state index in [2.05, 4.69) is 21.1 Å². The highest BCUT2D eigenvalue weighted by Gasteiger charge is 1.98. The summed E-state index contributed by atoms with van der Waals surface area (Å²) in [5.41, 5.74) is 0.0272. The summed E-state index contributed by atoms with van der Waals surface area (Å²) in [6.07, 6.45) is 0. The van der Waals surface area contributed by atoms with Crippen molar-refractivity contribution >= 4 is 29.2 Å². The molecule has 0 saturated heterocycles. The van der Waals surface area contributed by atoms with Crippen LogP contribution < -0.4 is 10.0 Å². The standard InChI is InChI=1S/C7H4Cl2O2.C3H9N/c8-5-2-1-4(7(10)11)3-6(5)9;1-4(2)3/h1-3H,(H,10,11);1-3H3. The van der Waals surface area contributed by atoms with Crippen molar-refractivity contribution in [1.29, 1.82) is 0 Å². The Bertz CT molecular complexity index is 337. The van der Waals surface area contributed by atoms with E-state index in [4.69, 9.17) is 23.2 Å². The first-order chi connectivity index (χ1) is 6.84. The maximum atomic E-state index is 10.3. The van der Waals surface area contributed by atoms with Crippen molar-refractivity contribution < 1.29 is 14.8 Å². The Labute approximate surface area is 99.2 Å². The minimum Gasteiger partial charge on any atom is -0.545 e. The predicted octanol–water partition coefficient (Wildman–Crippen LogP) is 0.118. The van der Waals surface area contributed by atoms with Crippen molar-refractivity contribution in [3.63, 3.8) is 0 Å². The molecule has 0 aromatic heterocycles. The minimum atomic E-state index is -1.26. The number of carboxylic acids is 1. The fourth-order valence-electron chi connectivity index (χ4n) is 0.623. The average Bonchev–Trinajstić information content (AvgIpc) is 2.08. The van der Waals surface area contributed by atoms with E-state index in [9.17, 15) is 9.90 Å². The number of carbonyl (C=O) groups excluding carboxylic acids is 1. The Morgan fingerprint density at radius 1 is 1.20 bits per heavy atom. The van der Waals surface area contributed by atoms with Crippen LogP contribution in [0.3, 0.4) is 0 Å². The fourth-order valence-corrected chi connectivity index (χ4v) is 0.921. The molecule has 0 amide bonds. The van der Waals surface area contributed by atoms with E-state index >= 15 is 0 Å². The lowest BCUT2D eigenvalue weighted by Crippen LogP contribution is -3.02. The highest BCUT2D eigenvalue weighted by Crippen LogP contribution is 2.21. The summed E-state index contributed by atoms with van der Waals surface area (Å²) in [7, 11) is 6.25. The first kappa shape index (κ1) is 14.2. The molecule has 0 unspecified atom stereocenters. The quantitative estimate of drug-likeness (QED) is 0.769. The normalized spacial score (nSPS) is 9.47. The van der Waals surface area contributed by atoms with Gasteiger partial charge in [-0.3, -0.25) is 0 Å². The molecule has 0 spiro atoms. The average molecular weight is 250 g/mol. The molecule has 0 saturated carbocycles. The molecule has 84 valence electrons. The van der Waals surface area contributed by atoms with Crippen LogP contribution in [0.25, 0.3) is 0 Å². The van der Waals surface area contributed by atoms with Gasteiger partial charge in [-0.25, -0.2) is 0 Å². The molecule has 1 rings (SSSR count). The molecule has 0 aliphatic rings. The van der Waals surface area contributed by atoms with Crippen molar-refractivity contribution in [1.82, 2.24) is 0 Å². The number of rotatable bonds is 1. The van der Waals surface area contributed by atoms with Crippen LogP contribution in [0.5, 0.6) is 0 Å². The predicted molar refractivity (Wildman–Crippen MR) is 59.5 cm³/mol. The number of quaternary nitrogens is 1. The smallest absolute Gasteiger partial charge is 0.0715 e. The molecular formula is C10H13Cl2NO2. The van der Waals surface area contributed by atoms with E-state index in [0.29, 0.717) is 5.02 Å². The van der Waals surface area contributed by atoms with Crippen LogP contribution >= 0.6 is 23.2 Å². The molecule has 15 heavy (non-hydrogen) atoms. The second kappa shape index (κ2) is 6.67. The largest absolute Gasteiger partial charge is 0.545 e. The molecular weight excluding hydrogens is 237 g/mol. The molecule has 1 aromatic carbocycles. The van der Waals surface area contributed by atoms with Crippen molar-refractivity contribution in [3.05, 3.63) is 33.8 Å². The van der Waals surface area contributed by atoms with Gasteiger partial charge in [-0.2, -0.15) is 0 Å². The van der Waals surface area contributed by atoms with E-state index in [1.54, 1.807) is 0 Å². The second-order valence-corrected chi connectivity index (χ2v) is 4.23. The molecule has 0 heterocycles. The highest BCUT2D eigenvalue weighted by atomic mass is 35.5. The van der Waals surface area contributed by atoms with E-state index in [1.807, 2.05) is 0 Å². The van der Waals surface area contributed by atoms with Crippen LogP contribution in [0.15, 0.2) is 18.2 Å². The number of nitrogens with one attached hydrogen (secondary N) is 1. The summed E-state index contributed by atoms with van der Waals surface area (Å²) in [4.78, 5) is 11.7. The maximum Gasteiger partial charge on any atom is 0.0715 e. The third-order valence-electron chi connectivity index (χ3n) is 1.16. The SMILES string of the molecule is C[NH+](C)C.O=C([O-])c1ccc(Cl)c(Cl)c1. The zero-order chi connectivity index (χ0) is 12.0. The van der Waals surface area contributed by atoms with Gasteiger partial charge in [0.25, 0.3) is 0 Å². The van der Waals surface area contributed by atoms with Gasteiger partial charge in [-0.1, -0.05) is 29.3 Å². The number of carboxylic acid groups (broad SMARTS) is 1. The van der Waals surface area contributed by atoms with Crippen LogP contribution in [0.2, 0.25) is 10.0 Å². The van der Waals surface area contributed by atoms with E-state index in [1.165, 1.54) is 23.1 Å². The second-order valence-electron chi connectivity index (χ2n) is 3.42. The van der Waals surface area contributed by atoms with Crippen LogP contribution in [-0.4, -0.2) is 27.1 Å². The summed E-state index contributed by atoms with van der Waals surface area (Å²) in [6.45, 7) is 0. The number of benzene rings is 1. The lowest BCUT2D eigenvalue weighted by molar-refractivity contribution is -0.836. The molecule has 1 N–H and O–H groups in total. The summed E-state index contributed by atoms with van der Waals surface area (Å²) in [6, 6.07) is 4.00. The molecule has 5 heteroatoms. The molecule has 0 radical (unpaired) electrons. The van der Waals surface area contributed by atoms with Gasteiger partial charge in [0.15, 0.2) is 0 Å². The summed E-state index contributed by atoms with van der Waals surface area (Å²) in [5.74, 6) is -1.26. The molecule has 0 fully saturated rings. The van der Waals surface area contributed by atoms with E-state index in [-0.39, 0.29) is 10.6 Å². The molecule has 0 aliphatic carbocycles. The highest BCUT2D eigenvalue weighted by molar-refractivity contribution is 6.42. The molecule has 0 atom stereocenters. The number of aromatic carboxylic acids is 1. The summed E-state index contributed by atoms with van der Waals surface area (Å²) in [5, 5.41) is 10.8. The van der Waals surface area contributed by atoms with E-state index < -0.39 is 5.97 Å². The molecule has 0 bridgehead atoms. The van der Waals surface area contributed by atoms with Gasteiger partial charge in [0.1, 0.15) is 0 Å². The zero-order valence-electron chi connectivity index (χ0n) is 8.80. The Balaban J connectivity index is 0.000000423. The summed E-state index contributed by atoms with van der Waals surface area (Å²) >= 11 is 11.1. The Hall–Kier alpha value is -0.770. The molecule has 3 nitrogen and oxygen atoms in total. The van der Waals surface area contributed by atoms with Gasteiger partial charge in [-0.05, 0) is 17.7 Å². The van der Waals surface area contributed by atoms with Gasteiger partial charge in [-0.15, -0.1) is 0 Å². The van der Waals surface area contributed by atoms with Gasteiger partial charge < -0.3 is 14.8 Å². The van der Waals surface area contributed by atoms with Crippen LogP contribution in [0, 0.1) is 0 Å². The lowest BCUT2D eigenvalue weighted by atomic mass is 10.2. The number of halogens is 2. The Kier molecular flexibility index (Phi) is 6.32. The van der Waals surface area contributed by atoms with Gasteiger partial charge in [0.2, 0.25) is 0 Å². The Morgan fingerprint density at radius 3 is 2.00 bits per heavy atom. The monoisotopic (exact) mass is 249 g/mol. The minimum absolute atomic E-state index is 0.0272. The first-order valence-electron chi connectivity index (χ1n) is 4.27. The third kappa shape index (κ3) is 6.33. The maximum absolute atomic E-state index is 10.3. The number of hydrogen-bond acceptors (Lipinski definition) is 2. The topological polar surface area (TPSA) is 44.6 Å². The van der Waals surface area contributed by atoms with Crippen molar-refractivity contribution in [3.8, 4) is 0 Å². The van der Waals surface area contributed by atoms with Gasteiger partial charge in [0.05, 0.1) is 37.2 Å². The van der Waals surface area contributed by atoms with Crippen molar-refractivity contribution in [2.45, 2.75) is 0 Å². The van der Waals surface area contributed by atoms with Crippen LogP contribution in [-0.2, 0) is 0 Å².